The van der Waals surface area contributed by atoms with Gasteiger partial charge in [0.25, 0.3) is 0 Å². The lowest BCUT2D eigenvalue weighted by Gasteiger charge is -2.17. The summed E-state index contributed by atoms with van der Waals surface area (Å²) in [6, 6.07) is 4.96. The van der Waals surface area contributed by atoms with Crippen molar-refractivity contribution in [2.75, 3.05) is 0 Å². The highest BCUT2D eigenvalue weighted by molar-refractivity contribution is 7.10. The van der Waals surface area contributed by atoms with Crippen LogP contribution in [0.4, 0.5) is 0 Å². The molecule has 2 atom stereocenters. The zero-order valence-corrected chi connectivity index (χ0v) is 10.4. The van der Waals surface area contributed by atoms with Crippen LogP contribution < -0.4 is 5.32 Å². The molecule has 0 spiro atoms. The largest absolute Gasteiger partial charge is 0.301 e. The number of aromatic nitrogens is 1. The summed E-state index contributed by atoms with van der Waals surface area (Å²) < 4.78 is 0. The van der Waals surface area contributed by atoms with Gasteiger partial charge in [0.2, 0.25) is 0 Å². The fraction of sp³-hybridized carbons (Fsp3) is 0.364. The number of nitrogens with zero attached hydrogens (tertiary/aromatic N) is 1. The molecule has 0 amide bonds. The van der Waals surface area contributed by atoms with Crippen LogP contribution in [0.2, 0.25) is 0 Å². The molecule has 4 heteroatoms. The van der Waals surface area contributed by atoms with E-state index < -0.39 is 0 Å². The Morgan fingerprint density at radius 1 is 1.33 bits per heavy atom. The third-order valence-corrected chi connectivity index (χ3v) is 4.02. The number of rotatable bonds is 4. The Balaban J connectivity index is 1.98. The molecule has 1 unspecified atom stereocenters. The van der Waals surface area contributed by atoms with Crippen LogP contribution in [-0.4, -0.2) is 4.98 Å². The Labute approximate surface area is 98.0 Å². The van der Waals surface area contributed by atoms with Crippen LogP contribution in [0.15, 0.2) is 28.4 Å². The van der Waals surface area contributed by atoms with E-state index in [9.17, 15) is 0 Å². The number of nitrogens with one attached hydrogen (secondary N) is 1. The maximum Gasteiger partial charge on any atom is 0.0795 e. The van der Waals surface area contributed by atoms with Gasteiger partial charge >= 0.3 is 0 Å². The van der Waals surface area contributed by atoms with Crippen LogP contribution in [0, 0.1) is 0 Å². The van der Waals surface area contributed by atoms with Crippen LogP contribution >= 0.6 is 22.7 Å². The van der Waals surface area contributed by atoms with Crippen molar-refractivity contribution in [3.05, 3.63) is 39.0 Å². The first-order valence-corrected chi connectivity index (χ1v) is 6.77. The van der Waals surface area contributed by atoms with Gasteiger partial charge in [0.15, 0.2) is 0 Å². The summed E-state index contributed by atoms with van der Waals surface area (Å²) in [5, 5.41) is 7.75. The number of thiophene rings is 1. The Morgan fingerprint density at radius 3 is 2.80 bits per heavy atom. The summed E-state index contributed by atoms with van der Waals surface area (Å²) >= 11 is 3.43. The van der Waals surface area contributed by atoms with Crippen LogP contribution in [0.25, 0.3) is 0 Å². The molecular weight excluding hydrogens is 224 g/mol. The van der Waals surface area contributed by atoms with Crippen molar-refractivity contribution in [3.63, 3.8) is 0 Å². The molecule has 0 aliphatic heterocycles. The molecule has 2 aromatic rings. The average Bonchev–Trinajstić information content (AvgIpc) is 2.91. The molecule has 0 aliphatic rings. The lowest BCUT2D eigenvalue weighted by atomic mass is 10.2. The summed E-state index contributed by atoms with van der Waals surface area (Å²) in [4.78, 5) is 5.68. The highest BCUT2D eigenvalue weighted by atomic mass is 32.1. The molecular formula is C11H14N2S2. The molecule has 2 rings (SSSR count). The summed E-state index contributed by atoms with van der Waals surface area (Å²) in [5.74, 6) is 0. The first-order chi connectivity index (χ1) is 7.27. The Kier molecular flexibility index (Phi) is 3.51. The van der Waals surface area contributed by atoms with Crippen LogP contribution in [0.1, 0.15) is 36.5 Å². The molecule has 0 saturated heterocycles. The van der Waals surface area contributed by atoms with Crippen molar-refractivity contribution in [1.29, 1.82) is 0 Å². The van der Waals surface area contributed by atoms with Gasteiger partial charge in [-0.15, -0.1) is 22.7 Å². The quantitative estimate of drug-likeness (QED) is 0.880. The summed E-state index contributed by atoms with van der Waals surface area (Å²) in [7, 11) is 0. The van der Waals surface area contributed by atoms with Gasteiger partial charge in [-0.2, -0.15) is 0 Å². The molecule has 1 N–H and O–H groups in total. The Hall–Kier alpha value is -0.710. The molecule has 0 aromatic carbocycles. The van der Waals surface area contributed by atoms with Crippen molar-refractivity contribution < 1.29 is 0 Å². The van der Waals surface area contributed by atoms with Gasteiger partial charge in [0.05, 0.1) is 11.2 Å². The van der Waals surface area contributed by atoms with Crippen molar-refractivity contribution in [2.24, 2.45) is 0 Å². The lowest BCUT2D eigenvalue weighted by molar-refractivity contribution is 0.493. The molecule has 2 nitrogen and oxygen atoms in total. The zero-order chi connectivity index (χ0) is 10.7. The van der Waals surface area contributed by atoms with E-state index >= 15 is 0 Å². The lowest BCUT2D eigenvalue weighted by Crippen LogP contribution is -2.21. The first-order valence-electron chi connectivity index (χ1n) is 4.95. The molecule has 15 heavy (non-hydrogen) atoms. The monoisotopic (exact) mass is 238 g/mol. The molecule has 0 radical (unpaired) electrons. The second-order valence-corrected chi connectivity index (χ2v) is 5.24. The minimum Gasteiger partial charge on any atom is -0.301 e. The van der Waals surface area contributed by atoms with Crippen LogP contribution in [0.5, 0.6) is 0 Å². The minimum absolute atomic E-state index is 0.313. The number of hydrogen-bond donors (Lipinski definition) is 1. The van der Waals surface area contributed by atoms with E-state index in [0.29, 0.717) is 12.1 Å². The third-order valence-electron chi connectivity index (χ3n) is 2.37. The zero-order valence-electron chi connectivity index (χ0n) is 8.81. The van der Waals surface area contributed by atoms with Crippen molar-refractivity contribution in [1.82, 2.24) is 10.3 Å². The molecule has 0 bridgehead atoms. The van der Waals surface area contributed by atoms with Gasteiger partial charge in [-0.3, -0.25) is 0 Å². The van der Waals surface area contributed by atoms with Crippen molar-refractivity contribution in [3.8, 4) is 0 Å². The van der Waals surface area contributed by atoms with Crippen LogP contribution in [0.3, 0.4) is 0 Å². The SMILES string of the molecule is CC(N[C@H](C)c1cccs1)c1cscn1. The molecule has 0 aliphatic carbocycles. The standard InChI is InChI=1S/C11H14N2S2/c1-8(10-6-14-7-12-10)13-9(2)11-4-3-5-15-11/h3-9,13H,1-2H3/t8?,9-/m1/s1. The van der Waals surface area contributed by atoms with Gasteiger partial charge in [0, 0.05) is 22.3 Å². The van der Waals surface area contributed by atoms with E-state index in [2.05, 4.69) is 47.0 Å². The molecule has 0 fully saturated rings. The van der Waals surface area contributed by atoms with Gasteiger partial charge in [0.1, 0.15) is 0 Å². The first kappa shape index (κ1) is 10.8. The smallest absolute Gasteiger partial charge is 0.0795 e. The predicted octanol–water partition coefficient (Wildman–Crippen LogP) is 3.62. The fourth-order valence-electron chi connectivity index (χ4n) is 1.52. The summed E-state index contributed by atoms with van der Waals surface area (Å²) in [6.45, 7) is 4.34. The fourth-order valence-corrected chi connectivity index (χ4v) is 2.91. The second kappa shape index (κ2) is 4.88. The number of hydrogen-bond acceptors (Lipinski definition) is 4. The Morgan fingerprint density at radius 2 is 2.20 bits per heavy atom. The molecule has 2 aromatic heterocycles. The normalized spacial score (nSPS) is 15.1. The highest BCUT2D eigenvalue weighted by Gasteiger charge is 2.12. The maximum absolute atomic E-state index is 4.31. The van der Waals surface area contributed by atoms with Gasteiger partial charge in [-0.25, -0.2) is 4.98 Å². The van der Waals surface area contributed by atoms with E-state index in [1.165, 1.54) is 4.88 Å². The summed E-state index contributed by atoms with van der Waals surface area (Å²) in [6.07, 6.45) is 0. The predicted molar refractivity (Wildman–Crippen MR) is 66.4 cm³/mol. The van der Waals surface area contributed by atoms with E-state index in [-0.39, 0.29) is 0 Å². The topological polar surface area (TPSA) is 24.9 Å². The third kappa shape index (κ3) is 2.65. The van der Waals surface area contributed by atoms with Crippen molar-refractivity contribution >= 4 is 22.7 Å². The Bertz CT molecular complexity index is 342. The van der Waals surface area contributed by atoms with Crippen LogP contribution in [-0.2, 0) is 0 Å². The van der Waals surface area contributed by atoms with E-state index in [0.717, 1.165) is 5.69 Å². The summed E-state index contributed by atoms with van der Waals surface area (Å²) in [5.41, 5.74) is 3.01. The van der Waals surface area contributed by atoms with E-state index in [1.807, 2.05) is 5.51 Å². The van der Waals surface area contributed by atoms with Gasteiger partial charge < -0.3 is 5.32 Å². The number of thiazole rings is 1. The van der Waals surface area contributed by atoms with E-state index in [1.54, 1.807) is 22.7 Å². The highest BCUT2D eigenvalue weighted by Crippen LogP contribution is 2.22. The second-order valence-electron chi connectivity index (χ2n) is 3.54. The van der Waals surface area contributed by atoms with Gasteiger partial charge in [-0.1, -0.05) is 6.07 Å². The molecule has 80 valence electrons. The maximum atomic E-state index is 4.31. The minimum atomic E-state index is 0.313. The van der Waals surface area contributed by atoms with Crippen molar-refractivity contribution in [2.45, 2.75) is 25.9 Å². The van der Waals surface area contributed by atoms with E-state index in [4.69, 9.17) is 0 Å². The average molecular weight is 238 g/mol. The molecule has 0 saturated carbocycles. The van der Waals surface area contributed by atoms with Gasteiger partial charge in [-0.05, 0) is 25.3 Å². The molecule has 2 heterocycles.